The molecule has 15 N–H and O–H groups in total. The minimum atomic E-state index is -1.63. The van der Waals surface area contributed by atoms with E-state index in [9.17, 15) is 39.0 Å². The summed E-state index contributed by atoms with van der Waals surface area (Å²) in [6.45, 7) is 3.84. The van der Waals surface area contributed by atoms with Gasteiger partial charge in [0.15, 0.2) is 5.96 Å². The van der Waals surface area contributed by atoms with Crippen molar-refractivity contribution in [2.45, 2.75) is 89.0 Å². The van der Waals surface area contributed by atoms with Crippen molar-refractivity contribution in [1.29, 1.82) is 0 Å². The summed E-state index contributed by atoms with van der Waals surface area (Å²) in [6.07, 6.45) is 0.907. The summed E-state index contributed by atoms with van der Waals surface area (Å²) in [5.41, 5.74) is 22.8. The van der Waals surface area contributed by atoms with Crippen LogP contribution in [-0.2, 0) is 35.2 Å². The lowest BCUT2D eigenvalue weighted by atomic mass is 10.00. The quantitative estimate of drug-likeness (QED) is 0.0335. The van der Waals surface area contributed by atoms with Gasteiger partial charge in [-0.15, -0.1) is 0 Å². The summed E-state index contributed by atoms with van der Waals surface area (Å²) < 4.78 is 0. The second-order valence-corrected chi connectivity index (χ2v) is 11.8. The molecule has 18 nitrogen and oxygen atoms in total. The van der Waals surface area contributed by atoms with Gasteiger partial charge in [-0.3, -0.25) is 33.8 Å². The summed E-state index contributed by atoms with van der Waals surface area (Å²) in [4.78, 5) is 81.2. The van der Waals surface area contributed by atoms with Crippen LogP contribution >= 0.6 is 0 Å². The summed E-state index contributed by atoms with van der Waals surface area (Å²) >= 11 is 0. The summed E-state index contributed by atoms with van der Waals surface area (Å²) in [5.74, 6) is -5.70. The number of benzene rings is 1. The number of carbonyl (C=O) groups excluding carboxylic acids is 5. The van der Waals surface area contributed by atoms with Crippen LogP contribution < -0.4 is 49.5 Å². The molecule has 5 amide bonds. The molecule has 0 aliphatic rings. The normalized spacial score (nSPS) is 13.9. The molecule has 0 spiro atoms. The lowest BCUT2D eigenvalue weighted by Gasteiger charge is -2.28. The van der Waals surface area contributed by atoms with Crippen LogP contribution in [0.15, 0.2) is 29.3 Å². The Morgan fingerprint density at radius 1 is 0.776 bits per heavy atom. The van der Waals surface area contributed by atoms with Gasteiger partial charge >= 0.3 is 5.97 Å². The van der Waals surface area contributed by atoms with Crippen molar-refractivity contribution in [3.05, 3.63) is 29.8 Å². The maximum absolute atomic E-state index is 13.4. The smallest absolute Gasteiger partial charge is 0.305 e. The van der Waals surface area contributed by atoms with Gasteiger partial charge in [0.25, 0.3) is 0 Å². The first-order chi connectivity index (χ1) is 23.1. The maximum atomic E-state index is 13.4. The Morgan fingerprint density at radius 3 is 1.92 bits per heavy atom. The van der Waals surface area contributed by atoms with E-state index in [4.69, 9.17) is 22.9 Å². The van der Waals surface area contributed by atoms with Crippen molar-refractivity contribution in [2.24, 2.45) is 33.8 Å². The molecular formula is C31H52N10O8. The van der Waals surface area contributed by atoms with Gasteiger partial charge in [-0.2, -0.15) is 0 Å². The number of hydrogen-bond acceptors (Lipinski definition) is 10. The van der Waals surface area contributed by atoms with Crippen LogP contribution in [0.5, 0.6) is 5.75 Å². The lowest BCUT2D eigenvalue weighted by molar-refractivity contribution is -0.141. The minimum absolute atomic E-state index is 0.0266. The molecule has 274 valence electrons. The summed E-state index contributed by atoms with van der Waals surface area (Å²) in [7, 11) is 1.40. The Morgan fingerprint density at radius 2 is 1.37 bits per heavy atom. The third-order valence-electron chi connectivity index (χ3n) is 7.40. The number of likely N-dealkylation sites (N-methyl/N-ethyl adjacent to an activating group) is 1. The Bertz CT molecular complexity index is 1290. The molecule has 1 aromatic rings. The van der Waals surface area contributed by atoms with Crippen LogP contribution in [0.25, 0.3) is 0 Å². The number of aliphatic imine (C=N–C) groups is 1. The third kappa shape index (κ3) is 16.1. The van der Waals surface area contributed by atoms with E-state index in [-0.39, 0.29) is 37.5 Å². The molecule has 0 unspecified atom stereocenters. The van der Waals surface area contributed by atoms with Gasteiger partial charge < -0.3 is 59.7 Å². The second kappa shape index (κ2) is 21.8. The van der Waals surface area contributed by atoms with Crippen molar-refractivity contribution in [3.63, 3.8) is 0 Å². The number of guanidine groups is 1. The van der Waals surface area contributed by atoms with Crippen LogP contribution in [0.1, 0.15) is 57.9 Å². The van der Waals surface area contributed by atoms with Crippen LogP contribution in [0, 0.1) is 5.92 Å². The molecule has 1 aromatic carbocycles. The van der Waals surface area contributed by atoms with Gasteiger partial charge in [0.2, 0.25) is 29.5 Å². The molecule has 0 aromatic heterocycles. The third-order valence-corrected chi connectivity index (χ3v) is 7.40. The largest absolute Gasteiger partial charge is 0.508 e. The molecule has 0 saturated carbocycles. The number of unbranched alkanes of at least 4 members (excludes halogenated alkanes) is 1. The number of nitrogens with zero attached hydrogens (tertiary/aromatic N) is 1. The number of carboxylic acids is 1. The molecule has 49 heavy (non-hydrogen) atoms. The molecule has 0 aliphatic carbocycles. The van der Waals surface area contributed by atoms with Gasteiger partial charge in [0.05, 0.1) is 12.5 Å². The highest BCUT2D eigenvalue weighted by atomic mass is 16.4. The number of nitrogens with two attached hydrogens (primary N) is 4. The van der Waals surface area contributed by atoms with Crippen molar-refractivity contribution < 1.29 is 39.0 Å². The molecule has 0 fully saturated rings. The highest BCUT2D eigenvalue weighted by molar-refractivity contribution is 5.97. The first kappa shape index (κ1) is 42.1. The fraction of sp³-hybridized carbons (Fsp3) is 0.581. The highest BCUT2D eigenvalue weighted by Crippen LogP contribution is 2.13. The fourth-order valence-electron chi connectivity index (χ4n) is 4.65. The van der Waals surface area contributed by atoms with Crippen LogP contribution in [0.3, 0.4) is 0 Å². The number of carboxylic acid groups (broad SMARTS) is 1. The van der Waals surface area contributed by atoms with Gasteiger partial charge in [-0.1, -0.05) is 26.0 Å². The van der Waals surface area contributed by atoms with E-state index in [2.05, 4.69) is 31.6 Å². The zero-order valence-electron chi connectivity index (χ0n) is 28.2. The number of phenols is 1. The molecule has 0 aliphatic heterocycles. The van der Waals surface area contributed by atoms with Gasteiger partial charge in [0, 0.05) is 20.0 Å². The first-order valence-electron chi connectivity index (χ1n) is 16.0. The van der Waals surface area contributed by atoms with E-state index in [0.29, 0.717) is 31.4 Å². The van der Waals surface area contributed by atoms with E-state index < -0.39 is 78.1 Å². The fourth-order valence-corrected chi connectivity index (χ4v) is 4.65. The number of aliphatic carboxylic acids is 1. The molecular weight excluding hydrogens is 640 g/mol. The first-order valence-corrected chi connectivity index (χ1v) is 16.0. The van der Waals surface area contributed by atoms with Crippen LogP contribution in [0.2, 0.25) is 0 Å². The maximum Gasteiger partial charge on any atom is 0.305 e. The van der Waals surface area contributed by atoms with Gasteiger partial charge in [-0.25, -0.2) is 0 Å². The number of carbonyl (C=O) groups is 6. The minimum Gasteiger partial charge on any atom is -0.508 e. The van der Waals surface area contributed by atoms with Crippen molar-refractivity contribution >= 4 is 41.5 Å². The number of rotatable bonds is 22. The number of hydrogen-bond donors (Lipinski definition) is 11. The van der Waals surface area contributed by atoms with Crippen molar-refractivity contribution in [2.75, 3.05) is 20.1 Å². The predicted octanol–water partition coefficient (Wildman–Crippen LogP) is -2.74. The highest BCUT2D eigenvalue weighted by Gasteiger charge is 2.34. The Balaban J connectivity index is 3.11. The number of amides is 5. The lowest BCUT2D eigenvalue weighted by Crippen LogP contribution is -2.60. The average Bonchev–Trinajstić information content (AvgIpc) is 3.04. The molecule has 18 heteroatoms. The molecule has 0 bridgehead atoms. The van der Waals surface area contributed by atoms with E-state index in [1.165, 1.54) is 19.2 Å². The Labute approximate surface area is 285 Å². The SMILES string of the molecule is CNC(=O)[C@H](Cc1ccc(O)cc1)NC(=O)[C@@H](NC(=O)[C@H](CC(=O)O)NC(=O)[C@H](CCCCN)NC(=O)[C@@H](N)CCCN=C(N)N)C(C)C. The van der Waals surface area contributed by atoms with Gasteiger partial charge in [0.1, 0.15) is 29.9 Å². The summed E-state index contributed by atoms with van der Waals surface area (Å²) in [5, 5.41) is 31.7. The van der Waals surface area contributed by atoms with E-state index >= 15 is 0 Å². The van der Waals surface area contributed by atoms with E-state index in [0.717, 1.165) is 0 Å². The molecule has 0 heterocycles. The molecule has 0 radical (unpaired) electrons. The van der Waals surface area contributed by atoms with Crippen molar-refractivity contribution in [1.82, 2.24) is 26.6 Å². The molecule has 5 atom stereocenters. The van der Waals surface area contributed by atoms with Gasteiger partial charge in [-0.05, 0) is 62.3 Å². The number of aromatic hydroxyl groups is 1. The molecule has 1 rings (SSSR count). The standard InChI is InChI=1S/C31H52N10O8/c1-17(2)25(30(49)40-22(27(46)36-3)15-18-9-11-19(42)12-10-18)41-29(48)23(16-24(43)44)39-28(47)21(8-4-5-13-32)38-26(45)20(33)7-6-14-37-31(34)35/h9-12,17,20-23,25,42H,4-8,13-16,32-33H2,1-3H3,(H,36,46)(H,38,45)(H,39,47)(H,40,49)(H,41,48)(H,43,44)(H4,34,35,37)/t20-,21-,22-,23-,25-/m0/s1. The summed E-state index contributed by atoms with van der Waals surface area (Å²) in [6, 6.07) is -0.0418. The van der Waals surface area contributed by atoms with Crippen LogP contribution in [0.4, 0.5) is 0 Å². The van der Waals surface area contributed by atoms with Crippen LogP contribution in [-0.4, -0.2) is 102 Å². The Kier molecular flexibility index (Phi) is 18.7. The Hall–Kier alpha value is -4.97. The average molecular weight is 693 g/mol. The number of nitrogens with one attached hydrogen (secondary N) is 5. The zero-order valence-corrected chi connectivity index (χ0v) is 28.2. The zero-order chi connectivity index (χ0) is 37.1. The van der Waals surface area contributed by atoms with Crippen molar-refractivity contribution in [3.8, 4) is 5.75 Å². The predicted molar refractivity (Wildman–Crippen MR) is 181 cm³/mol. The van der Waals surface area contributed by atoms with E-state index in [1.807, 2.05) is 0 Å². The molecule has 0 saturated heterocycles. The second-order valence-electron chi connectivity index (χ2n) is 11.8. The topological polar surface area (TPSA) is 319 Å². The number of phenolic OH excluding ortho intramolecular Hbond substituents is 1. The van der Waals surface area contributed by atoms with E-state index in [1.54, 1.807) is 26.0 Å². The monoisotopic (exact) mass is 692 g/mol.